The van der Waals surface area contributed by atoms with Crippen molar-refractivity contribution in [3.05, 3.63) is 71.8 Å². The number of nitrogens with zero attached hydrogens (tertiary/aromatic N) is 5. The second kappa shape index (κ2) is 6.74. The van der Waals surface area contributed by atoms with E-state index in [1.54, 1.807) is 16.9 Å². The molecule has 4 aromatic rings. The Balaban J connectivity index is 1.57. The van der Waals surface area contributed by atoms with Crippen LogP contribution in [0.15, 0.2) is 60.9 Å². The lowest BCUT2D eigenvalue weighted by atomic mass is 10.3. The standard InChI is InChI=1S/C17H14ClN7/c18-12-2-1-3-14(10-12)21-15-4-5-16-22-23-17(25(16)24-15)11-20-13-6-8-19-9-7-13/h1-10H,11H2,(H,19,20)(H,21,24). The monoisotopic (exact) mass is 351 g/mol. The van der Waals surface area contributed by atoms with Gasteiger partial charge in [-0.3, -0.25) is 4.98 Å². The van der Waals surface area contributed by atoms with Gasteiger partial charge in [0.25, 0.3) is 0 Å². The van der Waals surface area contributed by atoms with Gasteiger partial charge in [-0.2, -0.15) is 4.52 Å². The smallest absolute Gasteiger partial charge is 0.178 e. The van der Waals surface area contributed by atoms with E-state index in [9.17, 15) is 0 Å². The molecular formula is C17H14ClN7. The summed E-state index contributed by atoms with van der Waals surface area (Å²) >= 11 is 6.02. The fourth-order valence-corrected chi connectivity index (χ4v) is 2.57. The quantitative estimate of drug-likeness (QED) is 0.572. The minimum absolute atomic E-state index is 0.499. The van der Waals surface area contributed by atoms with Crippen molar-refractivity contribution < 1.29 is 0 Å². The molecule has 0 aliphatic heterocycles. The van der Waals surface area contributed by atoms with Crippen molar-refractivity contribution in [2.24, 2.45) is 0 Å². The van der Waals surface area contributed by atoms with Gasteiger partial charge in [-0.15, -0.1) is 15.3 Å². The van der Waals surface area contributed by atoms with Crippen LogP contribution >= 0.6 is 11.6 Å². The molecule has 0 saturated heterocycles. The summed E-state index contributed by atoms with van der Waals surface area (Å²) in [5.41, 5.74) is 2.51. The molecule has 0 aliphatic rings. The van der Waals surface area contributed by atoms with Crippen molar-refractivity contribution in [1.82, 2.24) is 24.8 Å². The van der Waals surface area contributed by atoms with Crippen molar-refractivity contribution in [3.8, 4) is 0 Å². The van der Waals surface area contributed by atoms with E-state index in [2.05, 4.69) is 30.9 Å². The van der Waals surface area contributed by atoms with Crippen LogP contribution in [0.1, 0.15) is 5.82 Å². The Morgan fingerprint density at radius 2 is 1.84 bits per heavy atom. The van der Waals surface area contributed by atoms with Crippen LogP contribution in [-0.2, 0) is 6.54 Å². The molecule has 1 aromatic carbocycles. The number of rotatable bonds is 5. The molecule has 0 fully saturated rings. The third-order valence-electron chi connectivity index (χ3n) is 3.56. The Kier molecular flexibility index (Phi) is 4.14. The fourth-order valence-electron chi connectivity index (χ4n) is 2.38. The van der Waals surface area contributed by atoms with E-state index in [4.69, 9.17) is 11.6 Å². The molecule has 124 valence electrons. The zero-order chi connectivity index (χ0) is 17.1. The Labute approximate surface area is 148 Å². The molecule has 0 radical (unpaired) electrons. The minimum Gasteiger partial charge on any atom is -0.378 e. The van der Waals surface area contributed by atoms with E-state index in [0.717, 1.165) is 11.4 Å². The highest BCUT2D eigenvalue weighted by Crippen LogP contribution is 2.19. The van der Waals surface area contributed by atoms with Crippen LogP contribution in [-0.4, -0.2) is 24.8 Å². The summed E-state index contributed by atoms with van der Waals surface area (Å²) < 4.78 is 1.71. The van der Waals surface area contributed by atoms with Gasteiger partial charge in [0.15, 0.2) is 17.3 Å². The molecular weight excluding hydrogens is 338 g/mol. The molecule has 0 bridgehead atoms. The highest BCUT2D eigenvalue weighted by Gasteiger charge is 2.08. The van der Waals surface area contributed by atoms with E-state index in [0.29, 0.717) is 28.9 Å². The molecule has 2 N–H and O–H groups in total. The van der Waals surface area contributed by atoms with E-state index in [-0.39, 0.29) is 0 Å². The number of pyridine rings is 1. The average molecular weight is 352 g/mol. The second-order valence-electron chi connectivity index (χ2n) is 5.33. The first-order chi connectivity index (χ1) is 12.3. The van der Waals surface area contributed by atoms with Crippen LogP contribution in [0.3, 0.4) is 0 Å². The number of hydrogen-bond donors (Lipinski definition) is 2. The summed E-state index contributed by atoms with van der Waals surface area (Å²) in [5, 5.41) is 20.1. The predicted octanol–water partition coefficient (Wildman–Crippen LogP) is 3.53. The van der Waals surface area contributed by atoms with Crippen molar-refractivity contribution in [3.63, 3.8) is 0 Å². The van der Waals surface area contributed by atoms with Crippen LogP contribution in [0, 0.1) is 0 Å². The highest BCUT2D eigenvalue weighted by atomic mass is 35.5. The van der Waals surface area contributed by atoms with Crippen LogP contribution in [0.5, 0.6) is 0 Å². The van der Waals surface area contributed by atoms with Crippen molar-refractivity contribution in [2.75, 3.05) is 10.6 Å². The fraction of sp³-hybridized carbons (Fsp3) is 0.0588. The maximum atomic E-state index is 6.02. The zero-order valence-corrected chi connectivity index (χ0v) is 13.9. The first kappa shape index (κ1) is 15.3. The first-order valence-corrected chi connectivity index (χ1v) is 8.03. The number of benzene rings is 1. The second-order valence-corrected chi connectivity index (χ2v) is 5.77. The van der Waals surface area contributed by atoms with Crippen LogP contribution in [0.2, 0.25) is 5.02 Å². The van der Waals surface area contributed by atoms with Gasteiger partial charge in [0.1, 0.15) is 0 Å². The number of aromatic nitrogens is 5. The summed E-state index contributed by atoms with van der Waals surface area (Å²) in [5.74, 6) is 1.39. The maximum Gasteiger partial charge on any atom is 0.178 e. The molecule has 3 aromatic heterocycles. The SMILES string of the molecule is Clc1cccc(Nc2ccc3nnc(CNc4ccncc4)n3n2)c1. The van der Waals surface area contributed by atoms with Gasteiger partial charge in [-0.25, -0.2) is 0 Å². The first-order valence-electron chi connectivity index (χ1n) is 7.66. The molecule has 3 heterocycles. The zero-order valence-electron chi connectivity index (χ0n) is 13.1. The lowest BCUT2D eigenvalue weighted by Gasteiger charge is -2.07. The molecule has 4 rings (SSSR count). The lowest BCUT2D eigenvalue weighted by molar-refractivity contribution is 0.832. The molecule has 0 atom stereocenters. The van der Waals surface area contributed by atoms with E-state index >= 15 is 0 Å². The van der Waals surface area contributed by atoms with Crippen LogP contribution < -0.4 is 10.6 Å². The molecule has 0 spiro atoms. The van der Waals surface area contributed by atoms with E-state index in [1.807, 2.05) is 48.5 Å². The predicted molar refractivity (Wildman–Crippen MR) is 97.1 cm³/mol. The molecule has 0 unspecified atom stereocenters. The van der Waals surface area contributed by atoms with Crippen LogP contribution in [0.25, 0.3) is 5.65 Å². The summed E-state index contributed by atoms with van der Waals surface area (Å²) in [6, 6.07) is 15.0. The van der Waals surface area contributed by atoms with Gasteiger partial charge in [-0.05, 0) is 42.5 Å². The van der Waals surface area contributed by atoms with Crippen molar-refractivity contribution in [1.29, 1.82) is 0 Å². The minimum atomic E-state index is 0.499. The Bertz CT molecular complexity index is 1000. The summed E-state index contributed by atoms with van der Waals surface area (Å²) in [4.78, 5) is 3.99. The Morgan fingerprint density at radius 3 is 2.68 bits per heavy atom. The maximum absolute atomic E-state index is 6.02. The number of fused-ring (bicyclic) bond motifs is 1. The molecule has 25 heavy (non-hydrogen) atoms. The third-order valence-corrected chi connectivity index (χ3v) is 3.79. The summed E-state index contributed by atoms with van der Waals surface area (Å²) in [6.07, 6.45) is 3.46. The third kappa shape index (κ3) is 3.51. The number of hydrogen-bond acceptors (Lipinski definition) is 6. The van der Waals surface area contributed by atoms with E-state index < -0.39 is 0 Å². The normalized spacial score (nSPS) is 10.8. The van der Waals surface area contributed by atoms with Gasteiger partial charge in [0.2, 0.25) is 0 Å². The largest absolute Gasteiger partial charge is 0.378 e. The van der Waals surface area contributed by atoms with E-state index in [1.165, 1.54) is 0 Å². The molecule has 0 saturated carbocycles. The van der Waals surface area contributed by atoms with Gasteiger partial charge < -0.3 is 10.6 Å². The number of anilines is 3. The van der Waals surface area contributed by atoms with Gasteiger partial charge in [-0.1, -0.05) is 17.7 Å². The Hall–Kier alpha value is -3.19. The van der Waals surface area contributed by atoms with Gasteiger partial charge >= 0.3 is 0 Å². The molecule has 0 aliphatic carbocycles. The van der Waals surface area contributed by atoms with Gasteiger partial charge in [0.05, 0.1) is 6.54 Å². The number of nitrogens with one attached hydrogen (secondary N) is 2. The molecule has 7 nitrogen and oxygen atoms in total. The van der Waals surface area contributed by atoms with Crippen molar-refractivity contribution >= 4 is 34.4 Å². The molecule has 8 heteroatoms. The summed E-state index contributed by atoms with van der Waals surface area (Å²) in [7, 11) is 0. The number of halogens is 1. The van der Waals surface area contributed by atoms with Gasteiger partial charge in [0, 0.05) is 28.8 Å². The highest BCUT2D eigenvalue weighted by molar-refractivity contribution is 6.30. The topological polar surface area (TPSA) is 80.0 Å². The molecule has 0 amide bonds. The van der Waals surface area contributed by atoms with Crippen LogP contribution in [0.4, 0.5) is 17.2 Å². The summed E-state index contributed by atoms with van der Waals surface area (Å²) in [6.45, 7) is 0.499. The Morgan fingerprint density at radius 1 is 0.960 bits per heavy atom. The average Bonchev–Trinajstić information content (AvgIpc) is 3.03. The lowest BCUT2D eigenvalue weighted by Crippen LogP contribution is -2.07. The van der Waals surface area contributed by atoms with Crippen molar-refractivity contribution in [2.45, 2.75) is 6.54 Å².